The van der Waals surface area contributed by atoms with Crippen molar-refractivity contribution in [3.05, 3.63) is 48.6 Å². The molecule has 354 valence electrons. The van der Waals surface area contributed by atoms with Gasteiger partial charge in [-0.1, -0.05) is 217 Å². The van der Waals surface area contributed by atoms with Gasteiger partial charge in [0, 0.05) is 19.3 Å². The topological polar surface area (TPSA) is 78.9 Å². The van der Waals surface area contributed by atoms with Gasteiger partial charge in [0.05, 0.1) is 0 Å². The third-order valence-electron chi connectivity index (χ3n) is 11.3. The molecule has 0 aliphatic heterocycles. The maximum Gasteiger partial charge on any atom is 0.306 e. The van der Waals surface area contributed by atoms with E-state index in [-0.39, 0.29) is 31.1 Å². The summed E-state index contributed by atoms with van der Waals surface area (Å²) < 4.78 is 16.8. The fraction of sp³-hybridized carbons (Fsp3) is 0.800. The van der Waals surface area contributed by atoms with Gasteiger partial charge in [0.15, 0.2) is 6.10 Å². The van der Waals surface area contributed by atoms with Crippen LogP contribution in [-0.2, 0) is 28.6 Å². The molecule has 61 heavy (non-hydrogen) atoms. The van der Waals surface area contributed by atoms with E-state index < -0.39 is 6.10 Å². The van der Waals surface area contributed by atoms with E-state index in [4.69, 9.17) is 14.2 Å². The maximum absolute atomic E-state index is 12.8. The van der Waals surface area contributed by atoms with Crippen molar-refractivity contribution in [2.75, 3.05) is 13.2 Å². The first-order valence-corrected chi connectivity index (χ1v) is 26.1. The van der Waals surface area contributed by atoms with Crippen LogP contribution in [0, 0.1) is 0 Å². The highest BCUT2D eigenvalue weighted by Crippen LogP contribution is 2.15. The van der Waals surface area contributed by atoms with Gasteiger partial charge in [-0.05, 0) is 77.0 Å². The minimum absolute atomic E-state index is 0.0773. The predicted molar refractivity (Wildman–Crippen MR) is 261 cm³/mol. The molecule has 1 unspecified atom stereocenters. The molecule has 0 bridgehead atoms. The summed E-state index contributed by atoms with van der Waals surface area (Å²) in [4.78, 5) is 38.0. The Hall–Kier alpha value is -2.63. The maximum atomic E-state index is 12.8. The molecule has 0 saturated heterocycles. The summed E-state index contributed by atoms with van der Waals surface area (Å²) in [6.45, 7) is 6.51. The van der Waals surface area contributed by atoms with Crippen molar-refractivity contribution < 1.29 is 28.6 Å². The van der Waals surface area contributed by atoms with Gasteiger partial charge in [0.25, 0.3) is 0 Å². The molecule has 0 rings (SSSR count). The minimum atomic E-state index is -0.778. The second kappa shape index (κ2) is 50.0. The van der Waals surface area contributed by atoms with Crippen LogP contribution in [0.4, 0.5) is 0 Å². The van der Waals surface area contributed by atoms with Crippen LogP contribution in [0.25, 0.3) is 0 Å². The van der Waals surface area contributed by atoms with Gasteiger partial charge in [-0.3, -0.25) is 14.4 Å². The summed E-state index contributed by atoms with van der Waals surface area (Å²) in [7, 11) is 0. The van der Waals surface area contributed by atoms with E-state index in [0.29, 0.717) is 19.3 Å². The van der Waals surface area contributed by atoms with Crippen molar-refractivity contribution in [2.45, 2.75) is 271 Å². The van der Waals surface area contributed by atoms with E-state index in [1.807, 2.05) is 0 Å². The van der Waals surface area contributed by atoms with Crippen molar-refractivity contribution in [3.63, 3.8) is 0 Å². The standard InChI is InChI=1S/C55H98O6/c1-4-7-10-13-16-19-22-24-26-27-29-30-33-36-39-42-45-48-54(57)60-51-52(50-59-53(56)47-44-41-38-35-32-21-18-15-12-9-6-3)61-55(58)49-46-43-40-37-34-31-28-25-23-20-17-14-11-8-5-2/h7,10,16,19,24-26,28,52H,4-6,8-9,11-15,17-18,20-23,27,29-51H2,1-3H3/b10-7-,19-16-,26-24-,28-25-. The minimum Gasteiger partial charge on any atom is -0.462 e. The summed E-state index contributed by atoms with van der Waals surface area (Å²) in [5, 5.41) is 0. The smallest absolute Gasteiger partial charge is 0.306 e. The first-order valence-electron chi connectivity index (χ1n) is 26.1. The second-order valence-electron chi connectivity index (χ2n) is 17.4. The number of carbonyl (C=O) groups excluding carboxylic acids is 3. The first-order chi connectivity index (χ1) is 30.0. The Bertz CT molecular complexity index is 1070. The number of hydrogen-bond donors (Lipinski definition) is 0. The normalized spacial score (nSPS) is 12.4. The zero-order valence-electron chi connectivity index (χ0n) is 40.4. The first kappa shape index (κ1) is 58.4. The molecule has 0 fully saturated rings. The number of ether oxygens (including phenoxy) is 3. The van der Waals surface area contributed by atoms with Crippen molar-refractivity contribution in [3.8, 4) is 0 Å². The van der Waals surface area contributed by atoms with Gasteiger partial charge in [-0.15, -0.1) is 0 Å². The zero-order chi connectivity index (χ0) is 44.4. The third kappa shape index (κ3) is 48.3. The lowest BCUT2D eigenvalue weighted by Gasteiger charge is -2.18. The molecule has 6 heteroatoms. The second-order valence-corrected chi connectivity index (χ2v) is 17.4. The Morgan fingerprint density at radius 2 is 0.639 bits per heavy atom. The lowest BCUT2D eigenvalue weighted by atomic mass is 10.1. The van der Waals surface area contributed by atoms with Crippen molar-refractivity contribution >= 4 is 17.9 Å². The predicted octanol–water partition coefficient (Wildman–Crippen LogP) is 17.1. The number of hydrogen-bond acceptors (Lipinski definition) is 6. The average molecular weight is 855 g/mol. The Labute approximate surface area is 378 Å². The fourth-order valence-corrected chi connectivity index (χ4v) is 7.39. The van der Waals surface area contributed by atoms with Crippen LogP contribution in [0.5, 0.6) is 0 Å². The Morgan fingerprint density at radius 1 is 0.344 bits per heavy atom. The van der Waals surface area contributed by atoms with Gasteiger partial charge in [-0.2, -0.15) is 0 Å². The third-order valence-corrected chi connectivity index (χ3v) is 11.3. The van der Waals surface area contributed by atoms with Crippen molar-refractivity contribution in [2.24, 2.45) is 0 Å². The number of allylic oxidation sites excluding steroid dienone is 8. The monoisotopic (exact) mass is 855 g/mol. The van der Waals surface area contributed by atoms with Crippen LogP contribution in [0.15, 0.2) is 48.6 Å². The van der Waals surface area contributed by atoms with E-state index in [9.17, 15) is 14.4 Å². The number of carbonyl (C=O) groups is 3. The number of esters is 3. The van der Waals surface area contributed by atoms with E-state index in [0.717, 1.165) is 96.3 Å². The van der Waals surface area contributed by atoms with Crippen molar-refractivity contribution in [1.82, 2.24) is 0 Å². The lowest BCUT2D eigenvalue weighted by molar-refractivity contribution is -0.167. The summed E-state index contributed by atoms with van der Waals surface area (Å²) in [6, 6.07) is 0. The highest BCUT2D eigenvalue weighted by atomic mass is 16.6. The quantitative estimate of drug-likeness (QED) is 0.0263. The zero-order valence-corrected chi connectivity index (χ0v) is 40.4. The Morgan fingerprint density at radius 3 is 1.02 bits per heavy atom. The molecule has 0 radical (unpaired) electrons. The van der Waals surface area contributed by atoms with Gasteiger partial charge in [0.2, 0.25) is 0 Å². The molecule has 0 spiro atoms. The number of rotatable bonds is 47. The average Bonchev–Trinajstić information content (AvgIpc) is 3.26. The molecule has 0 saturated carbocycles. The SMILES string of the molecule is CC/C=C\C/C=C\C/C=C\CCCCCCCCCC(=O)OCC(COC(=O)CCCCCCCCCCCCC)OC(=O)CCCCCCC/C=C\CCCCCCCC. The molecular weight excluding hydrogens is 757 g/mol. The molecule has 1 atom stereocenters. The van der Waals surface area contributed by atoms with Crippen LogP contribution in [0.3, 0.4) is 0 Å². The highest BCUT2D eigenvalue weighted by molar-refractivity contribution is 5.71. The van der Waals surface area contributed by atoms with E-state index in [1.165, 1.54) is 128 Å². The van der Waals surface area contributed by atoms with Crippen LogP contribution in [-0.4, -0.2) is 37.2 Å². The summed E-state index contributed by atoms with van der Waals surface area (Å²) in [6.07, 6.45) is 59.5. The van der Waals surface area contributed by atoms with Crippen LogP contribution < -0.4 is 0 Å². The van der Waals surface area contributed by atoms with Crippen molar-refractivity contribution in [1.29, 1.82) is 0 Å². The van der Waals surface area contributed by atoms with Gasteiger partial charge < -0.3 is 14.2 Å². The van der Waals surface area contributed by atoms with Gasteiger partial charge in [0.1, 0.15) is 13.2 Å². The highest BCUT2D eigenvalue weighted by Gasteiger charge is 2.19. The summed E-state index contributed by atoms with van der Waals surface area (Å²) in [5.41, 5.74) is 0. The lowest BCUT2D eigenvalue weighted by Crippen LogP contribution is -2.30. The van der Waals surface area contributed by atoms with E-state index in [2.05, 4.69) is 69.4 Å². The molecule has 0 heterocycles. The molecule has 0 aliphatic carbocycles. The Kier molecular flexibility index (Phi) is 47.9. The van der Waals surface area contributed by atoms with E-state index >= 15 is 0 Å². The van der Waals surface area contributed by atoms with E-state index in [1.54, 1.807) is 0 Å². The molecule has 6 nitrogen and oxygen atoms in total. The fourth-order valence-electron chi connectivity index (χ4n) is 7.39. The summed E-state index contributed by atoms with van der Waals surface area (Å²) >= 11 is 0. The largest absolute Gasteiger partial charge is 0.462 e. The molecular formula is C55H98O6. The van der Waals surface area contributed by atoms with Crippen LogP contribution in [0.2, 0.25) is 0 Å². The number of unbranched alkanes of at least 4 members (excludes halogenated alkanes) is 28. The molecule has 0 aromatic rings. The molecule has 0 aliphatic rings. The summed E-state index contributed by atoms with van der Waals surface area (Å²) in [5.74, 6) is -0.889. The molecule has 0 amide bonds. The Balaban J connectivity index is 4.37. The molecule has 0 N–H and O–H groups in total. The van der Waals surface area contributed by atoms with Gasteiger partial charge in [-0.25, -0.2) is 0 Å². The van der Waals surface area contributed by atoms with Crippen LogP contribution >= 0.6 is 0 Å². The van der Waals surface area contributed by atoms with Gasteiger partial charge >= 0.3 is 17.9 Å². The molecule has 0 aromatic heterocycles. The van der Waals surface area contributed by atoms with Crippen LogP contribution in [0.1, 0.15) is 265 Å². The molecule has 0 aromatic carbocycles.